The van der Waals surface area contributed by atoms with Crippen LogP contribution in [0.1, 0.15) is 11.1 Å². The normalized spacial score (nSPS) is 13.2. The highest BCUT2D eigenvalue weighted by molar-refractivity contribution is 6.30. The van der Waals surface area contributed by atoms with E-state index >= 15 is 0 Å². The molecule has 2 aromatic rings. The molecule has 0 spiro atoms. The maximum absolute atomic E-state index is 11.8. The Labute approximate surface area is 146 Å². The van der Waals surface area contributed by atoms with Gasteiger partial charge in [-0.2, -0.15) is 0 Å². The lowest BCUT2D eigenvalue weighted by Crippen LogP contribution is -2.57. The molecule has 0 aliphatic heterocycles. The first kappa shape index (κ1) is 18.3. The summed E-state index contributed by atoms with van der Waals surface area (Å²) in [5.74, 6) is 0.302. The summed E-state index contributed by atoms with van der Waals surface area (Å²) in [6, 6.07) is 14.7. The highest BCUT2D eigenvalue weighted by Crippen LogP contribution is 2.18. The van der Waals surface area contributed by atoms with Gasteiger partial charge in [0.2, 0.25) is 5.91 Å². The Bertz CT molecular complexity index is 691. The third-order valence-corrected chi connectivity index (χ3v) is 3.93. The molecule has 4 N–H and O–H groups in total. The van der Waals surface area contributed by atoms with Crippen LogP contribution in [0.2, 0.25) is 5.02 Å². The number of halogens is 1. The van der Waals surface area contributed by atoms with Gasteiger partial charge in [0.15, 0.2) is 0 Å². The van der Waals surface area contributed by atoms with Crippen molar-refractivity contribution in [3.8, 4) is 5.75 Å². The highest BCUT2D eigenvalue weighted by atomic mass is 35.5. The third-order valence-electron chi connectivity index (χ3n) is 3.70. The van der Waals surface area contributed by atoms with Gasteiger partial charge < -0.3 is 20.9 Å². The van der Waals surface area contributed by atoms with Crippen molar-refractivity contribution in [1.82, 2.24) is 5.32 Å². The van der Waals surface area contributed by atoms with E-state index in [9.17, 15) is 9.90 Å². The van der Waals surface area contributed by atoms with E-state index < -0.39 is 18.1 Å². The molecule has 0 saturated heterocycles. The minimum absolute atomic E-state index is 0.234. The van der Waals surface area contributed by atoms with Crippen LogP contribution in [0.25, 0.3) is 0 Å². The van der Waals surface area contributed by atoms with Crippen molar-refractivity contribution >= 4 is 17.5 Å². The Balaban J connectivity index is 1.98. The molecule has 2 rings (SSSR count). The summed E-state index contributed by atoms with van der Waals surface area (Å²) in [5.41, 5.74) is 6.45. The summed E-state index contributed by atoms with van der Waals surface area (Å²) >= 11 is 5.94. The first-order chi connectivity index (χ1) is 11.5. The SMILES string of the molecule is CNC(=O)C(N)(CO)Cc1ccc(OCc2cccc(Cl)c2)cc1. The van der Waals surface area contributed by atoms with Gasteiger partial charge in [0.25, 0.3) is 0 Å². The van der Waals surface area contributed by atoms with Crippen molar-refractivity contribution in [2.45, 2.75) is 18.6 Å². The predicted octanol–water partition coefficient (Wildman–Crippen LogP) is 1.90. The Hall–Kier alpha value is -2.08. The van der Waals surface area contributed by atoms with E-state index in [1.807, 2.05) is 48.5 Å². The summed E-state index contributed by atoms with van der Waals surface area (Å²) < 4.78 is 5.71. The van der Waals surface area contributed by atoms with Crippen molar-refractivity contribution in [3.05, 3.63) is 64.7 Å². The van der Waals surface area contributed by atoms with Crippen LogP contribution in [0.5, 0.6) is 5.75 Å². The molecular formula is C18H21ClN2O3. The molecule has 0 fully saturated rings. The van der Waals surface area contributed by atoms with Gasteiger partial charge in [-0.15, -0.1) is 0 Å². The Kier molecular flexibility index (Phi) is 6.20. The van der Waals surface area contributed by atoms with E-state index in [2.05, 4.69) is 5.32 Å². The average Bonchev–Trinajstić information content (AvgIpc) is 2.60. The van der Waals surface area contributed by atoms with Gasteiger partial charge in [0, 0.05) is 18.5 Å². The number of aliphatic hydroxyl groups is 1. The average molecular weight is 349 g/mol. The van der Waals surface area contributed by atoms with E-state index in [0.717, 1.165) is 11.1 Å². The van der Waals surface area contributed by atoms with E-state index in [0.29, 0.717) is 17.4 Å². The fraction of sp³-hybridized carbons (Fsp3) is 0.278. The zero-order chi connectivity index (χ0) is 17.6. The van der Waals surface area contributed by atoms with E-state index in [-0.39, 0.29) is 6.42 Å². The summed E-state index contributed by atoms with van der Waals surface area (Å²) in [6.45, 7) is -0.0185. The molecule has 0 aromatic heterocycles. The second kappa shape index (κ2) is 8.15. The van der Waals surface area contributed by atoms with Crippen molar-refractivity contribution in [3.63, 3.8) is 0 Å². The van der Waals surface area contributed by atoms with Crippen LogP contribution in [0.3, 0.4) is 0 Å². The molecule has 6 heteroatoms. The lowest BCUT2D eigenvalue weighted by Gasteiger charge is -2.25. The molecule has 2 aromatic carbocycles. The summed E-state index contributed by atoms with van der Waals surface area (Å²) in [5, 5.41) is 12.6. The Morgan fingerprint density at radius 2 is 1.96 bits per heavy atom. The molecule has 5 nitrogen and oxygen atoms in total. The predicted molar refractivity (Wildman–Crippen MR) is 94.0 cm³/mol. The number of carbonyl (C=O) groups is 1. The molecule has 128 valence electrons. The maximum Gasteiger partial charge on any atom is 0.242 e. The highest BCUT2D eigenvalue weighted by Gasteiger charge is 2.32. The molecule has 0 radical (unpaired) electrons. The molecule has 1 unspecified atom stereocenters. The first-order valence-electron chi connectivity index (χ1n) is 7.55. The number of amides is 1. The van der Waals surface area contributed by atoms with Crippen LogP contribution in [-0.2, 0) is 17.8 Å². The molecule has 0 bridgehead atoms. The quantitative estimate of drug-likeness (QED) is 0.713. The van der Waals surface area contributed by atoms with E-state index in [4.69, 9.17) is 22.1 Å². The summed E-state index contributed by atoms with van der Waals surface area (Å²) in [6.07, 6.45) is 0.234. The molecule has 1 amide bonds. The lowest BCUT2D eigenvalue weighted by atomic mass is 9.91. The molecule has 0 saturated carbocycles. The number of nitrogens with two attached hydrogens (primary N) is 1. The Morgan fingerprint density at radius 1 is 1.25 bits per heavy atom. The number of carbonyl (C=O) groups excluding carboxylic acids is 1. The zero-order valence-electron chi connectivity index (χ0n) is 13.5. The standard InChI is InChI=1S/C18H21ClN2O3/c1-21-17(23)18(20,12-22)10-13-5-7-16(8-6-13)24-11-14-3-2-4-15(19)9-14/h2-9,22H,10-12,20H2,1H3,(H,21,23). The topological polar surface area (TPSA) is 84.6 Å². The van der Waals surface area contributed by atoms with Gasteiger partial charge >= 0.3 is 0 Å². The van der Waals surface area contributed by atoms with Crippen LogP contribution in [0, 0.1) is 0 Å². The molecule has 0 aliphatic carbocycles. The van der Waals surface area contributed by atoms with Gasteiger partial charge in [-0.25, -0.2) is 0 Å². The van der Waals surface area contributed by atoms with Crippen LogP contribution in [-0.4, -0.2) is 30.2 Å². The minimum atomic E-state index is -1.34. The number of rotatable bonds is 7. The van der Waals surface area contributed by atoms with Gasteiger partial charge in [-0.05, 0) is 35.4 Å². The number of benzene rings is 2. The second-order valence-corrected chi connectivity index (χ2v) is 6.07. The number of likely N-dealkylation sites (N-methyl/N-ethyl adjacent to an activating group) is 1. The number of nitrogens with one attached hydrogen (secondary N) is 1. The first-order valence-corrected chi connectivity index (χ1v) is 7.93. The monoisotopic (exact) mass is 348 g/mol. The molecular weight excluding hydrogens is 328 g/mol. The van der Waals surface area contributed by atoms with Gasteiger partial charge in [0.05, 0.1) is 6.61 Å². The maximum atomic E-state index is 11.8. The molecule has 1 atom stereocenters. The van der Waals surface area contributed by atoms with Crippen LogP contribution < -0.4 is 15.8 Å². The van der Waals surface area contributed by atoms with E-state index in [1.165, 1.54) is 7.05 Å². The smallest absolute Gasteiger partial charge is 0.242 e. The minimum Gasteiger partial charge on any atom is -0.489 e. The van der Waals surface area contributed by atoms with Gasteiger partial charge in [-0.3, -0.25) is 4.79 Å². The van der Waals surface area contributed by atoms with Gasteiger partial charge in [0.1, 0.15) is 17.9 Å². The second-order valence-electron chi connectivity index (χ2n) is 5.63. The lowest BCUT2D eigenvalue weighted by molar-refractivity contribution is -0.127. The van der Waals surface area contributed by atoms with E-state index in [1.54, 1.807) is 0 Å². The largest absolute Gasteiger partial charge is 0.489 e. The fourth-order valence-electron chi connectivity index (χ4n) is 2.32. The summed E-state index contributed by atoms with van der Waals surface area (Å²) in [7, 11) is 1.49. The van der Waals surface area contributed by atoms with Gasteiger partial charge in [-0.1, -0.05) is 35.9 Å². The molecule has 24 heavy (non-hydrogen) atoms. The van der Waals surface area contributed by atoms with Crippen LogP contribution >= 0.6 is 11.6 Å². The van der Waals surface area contributed by atoms with Crippen molar-refractivity contribution in [2.75, 3.05) is 13.7 Å². The van der Waals surface area contributed by atoms with Crippen LogP contribution in [0.15, 0.2) is 48.5 Å². The Morgan fingerprint density at radius 3 is 2.54 bits per heavy atom. The number of hydrogen-bond donors (Lipinski definition) is 3. The van der Waals surface area contributed by atoms with Crippen molar-refractivity contribution < 1.29 is 14.6 Å². The fourth-order valence-corrected chi connectivity index (χ4v) is 2.53. The third kappa shape index (κ3) is 4.71. The zero-order valence-corrected chi connectivity index (χ0v) is 14.2. The van der Waals surface area contributed by atoms with Crippen molar-refractivity contribution in [2.24, 2.45) is 5.73 Å². The van der Waals surface area contributed by atoms with Crippen molar-refractivity contribution in [1.29, 1.82) is 0 Å². The number of ether oxygens (including phenoxy) is 1. The molecule has 0 aliphatic rings. The number of hydrogen-bond acceptors (Lipinski definition) is 4. The summed E-state index contributed by atoms with van der Waals surface area (Å²) in [4.78, 5) is 11.8. The number of aliphatic hydroxyl groups excluding tert-OH is 1. The molecule has 0 heterocycles. The van der Waals surface area contributed by atoms with Crippen LogP contribution in [0.4, 0.5) is 0 Å².